The summed E-state index contributed by atoms with van der Waals surface area (Å²) in [5.41, 5.74) is 4.12. The molecule has 2 nitrogen and oxygen atoms in total. The van der Waals surface area contributed by atoms with E-state index in [1.54, 1.807) is 0 Å². The molecule has 0 fully saturated rings. The Labute approximate surface area is 123 Å². The number of nitrogens with zero attached hydrogens (tertiary/aromatic N) is 2. The number of halogens is 1. The van der Waals surface area contributed by atoms with Crippen molar-refractivity contribution in [1.29, 1.82) is 0 Å². The lowest BCUT2D eigenvalue weighted by Gasteiger charge is -2.19. The highest BCUT2D eigenvalue weighted by Crippen LogP contribution is 2.22. The zero-order chi connectivity index (χ0) is 13.3. The smallest absolute Gasteiger partial charge is 0.126 e. The fraction of sp³-hybridized carbons (Fsp3) is 0.400. The summed E-state index contributed by atoms with van der Waals surface area (Å²) in [4.78, 5) is 0. The number of aromatic nitrogens is 2. The van der Waals surface area contributed by atoms with Crippen LogP contribution in [0.1, 0.15) is 37.5 Å². The van der Waals surface area contributed by atoms with Gasteiger partial charge in [-0.2, -0.15) is 5.10 Å². The van der Waals surface area contributed by atoms with E-state index < -0.39 is 0 Å². The van der Waals surface area contributed by atoms with Crippen LogP contribution in [0.4, 0.5) is 0 Å². The molecule has 0 saturated carbocycles. The highest BCUT2D eigenvalue weighted by Gasteiger charge is 2.12. The molecule has 3 heteroatoms. The molecule has 0 aliphatic carbocycles. The molecule has 0 spiro atoms. The fourth-order valence-electron chi connectivity index (χ4n) is 1.88. The first-order valence-corrected chi connectivity index (χ1v) is 7.23. The average molecular weight is 354 g/mol. The third kappa shape index (κ3) is 3.13. The molecule has 0 atom stereocenters. The van der Waals surface area contributed by atoms with E-state index in [9.17, 15) is 0 Å². The van der Waals surface area contributed by atoms with Crippen LogP contribution in [-0.2, 0) is 12.0 Å². The van der Waals surface area contributed by atoms with E-state index in [-0.39, 0.29) is 5.41 Å². The number of hydrogen-bond donors (Lipinski definition) is 0. The maximum atomic E-state index is 4.48. The Balaban J connectivity index is 2.16. The van der Waals surface area contributed by atoms with Crippen molar-refractivity contribution in [2.75, 3.05) is 0 Å². The standard InChI is InChI=1S/C15H19IN2/c1-11-9-18(17-14(11)16)10-12-5-7-13(8-6-12)15(2,3)4/h5-9H,10H2,1-4H3. The van der Waals surface area contributed by atoms with Gasteiger partial charge in [0.1, 0.15) is 3.70 Å². The molecule has 0 radical (unpaired) electrons. The maximum absolute atomic E-state index is 4.48. The summed E-state index contributed by atoms with van der Waals surface area (Å²) in [6.45, 7) is 9.64. The largest absolute Gasteiger partial charge is 0.267 e. The summed E-state index contributed by atoms with van der Waals surface area (Å²) in [5, 5.41) is 4.48. The van der Waals surface area contributed by atoms with Gasteiger partial charge in [-0.25, -0.2) is 0 Å². The van der Waals surface area contributed by atoms with Crippen molar-refractivity contribution in [2.45, 2.75) is 39.7 Å². The van der Waals surface area contributed by atoms with E-state index in [0.29, 0.717) is 0 Å². The lowest BCUT2D eigenvalue weighted by Crippen LogP contribution is -2.11. The van der Waals surface area contributed by atoms with Crippen molar-refractivity contribution in [3.63, 3.8) is 0 Å². The van der Waals surface area contributed by atoms with Crippen LogP contribution in [0.3, 0.4) is 0 Å². The Kier molecular flexibility index (Phi) is 3.80. The molecule has 0 aliphatic rings. The van der Waals surface area contributed by atoms with Gasteiger partial charge >= 0.3 is 0 Å². The SMILES string of the molecule is Cc1cn(Cc2ccc(C(C)(C)C)cc2)nc1I. The quantitative estimate of drug-likeness (QED) is 0.741. The molecule has 0 unspecified atom stereocenters. The predicted octanol–water partition coefficient (Wildman–Crippen LogP) is 4.14. The Bertz CT molecular complexity index is 513. The van der Waals surface area contributed by atoms with Gasteiger partial charge in [0.05, 0.1) is 6.54 Å². The third-order valence-corrected chi connectivity index (χ3v) is 4.12. The van der Waals surface area contributed by atoms with E-state index in [4.69, 9.17) is 0 Å². The van der Waals surface area contributed by atoms with Crippen LogP contribution in [0.15, 0.2) is 30.5 Å². The summed E-state index contributed by atoms with van der Waals surface area (Å²) >= 11 is 2.27. The molecule has 2 aromatic rings. The average Bonchev–Trinajstić information content (AvgIpc) is 2.57. The molecule has 0 bridgehead atoms. The van der Waals surface area contributed by atoms with Gasteiger partial charge in [0.2, 0.25) is 0 Å². The van der Waals surface area contributed by atoms with Crippen molar-refractivity contribution in [3.8, 4) is 0 Å². The first kappa shape index (κ1) is 13.6. The number of rotatable bonds is 2. The van der Waals surface area contributed by atoms with Crippen LogP contribution >= 0.6 is 22.6 Å². The van der Waals surface area contributed by atoms with Crippen LogP contribution < -0.4 is 0 Å². The van der Waals surface area contributed by atoms with E-state index in [0.717, 1.165) is 10.2 Å². The van der Waals surface area contributed by atoms with Crippen molar-refractivity contribution >= 4 is 22.6 Å². The van der Waals surface area contributed by atoms with E-state index in [1.807, 2.05) is 4.68 Å². The van der Waals surface area contributed by atoms with Gasteiger partial charge in [0, 0.05) is 11.8 Å². The Morgan fingerprint density at radius 3 is 2.22 bits per heavy atom. The van der Waals surface area contributed by atoms with E-state index in [1.165, 1.54) is 16.7 Å². The molecule has 1 aromatic heterocycles. The zero-order valence-corrected chi connectivity index (χ0v) is 13.5. The zero-order valence-electron chi connectivity index (χ0n) is 11.4. The molecular formula is C15H19IN2. The van der Waals surface area contributed by atoms with Crippen LogP contribution in [-0.4, -0.2) is 9.78 Å². The van der Waals surface area contributed by atoms with Gasteiger partial charge in [-0.15, -0.1) is 0 Å². The lowest BCUT2D eigenvalue weighted by atomic mass is 9.87. The van der Waals surface area contributed by atoms with Gasteiger partial charge in [-0.05, 0) is 46.1 Å². The molecule has 0 aliphatic heterocycles. The molecule has 1 aromatic carbocycles. The minimum absolute atomic E-state index is 0.218. The van der Waals surface area contributed by atoms with Gasteiger partial charge in [0.25, 0.3) is 0 Å². The minimum Gasteiger partial charge on any atom is -0.267 e. The van der Waals surface area contributed by atoms with Crippen molar-refractivity contribution in [2.24, 2.45) is 0 Å². The first-order chi connectivity index (χ1) is 8.36. The van der Waals surface area contributed by atoms with Crippen LogP contribution in [0.2, 0.25) is 0 Å². The van der Waals surface area contributed by atoms with Crippen LogP contribution in [0, 0.1) is 10.6 Å². The number of hydrogen-bond acceptors (Lipinski definition) is 1. The van der Waals surface area contributed by atoms with Gasteiger partial charge < -0.3 is 0 Å². The molecule has 0 saturated heterocycles. The van der Waals surface area contributed by atoms with Crippen molar-refractivity contribution < 1.29 is 0 Å². The Hall–Kier alpha value is -0.840. The minimum atomic E-state index is 0.218. The number of aryl methyl sites for hydroxylation is 1. The molecule has 1 heterocycles. The summed E-state index contributed by atoms with van der Waals surface area (Å²) < 4.78 is 3.09. The van der Waals surface area contributed by atoms with Crippen LogP contribution in [0.5, 0.6) is 0 Å². The second-order valence-electron chi connectivity index (χ2n) is 5.75. The molecule has 18 heavy (non-hydrogen) atoms. The molecule has 0 N–H and O–H groups in total. The lowest BCUT2D eigenvalue weighted by molar-refractivity contribution is 0.589. The van der Waals surface area contributed by atoms with E-state index >= 15 is 0 Å². The fourth-order valence-corrected chi connectivity index (χ4v) is 2.29. The summed E-state index contributed by atoms with van der Waals surface area (Å²) in [6, 6.07) is 8.84. The summed E-state index contributed by atoms with van der Waals surface area (Å²) in [7, 11) is 0. The van der Waals surface area contributed by atoms with Crippen molar-refractivity contribution in [3.05, 3.63) is 50.9 Å². The van der Waals surface area contributed by atoms with Gasteiger partial charge in [-0.3, -0.25) is 4.68 Å². The van der Waals surface area contributed by atoms with Gasteiger partial charge in [-0.1, -0.05) is 45.0 Å². The summed E-state index contributed by atoms with van der Waals surface area (Å²) in [5.74, 6) is 0. The monoisotopic (exact) mass is 354 g/mol. The second-order valence-corrected chi connectivity index (χ2v) is 6.77. The Morgan fingerprint density at radius 2 is 1.78 bits per heavy atom. The van der Waals surface area contributed by atoms with Gasteiger partial charge in [0.15, 0.2) is 0 Å². The first-order valence-electron chi connectivity index (χ1n) is 6.15. The maximum Gasteiger partial charge on any atom is 0.126 e. The van der Waals surface area contributed by atoms with Crippen LogP contribution in [0.25, 0.3) is 0 Å². The van der Waals surface area contributed by atoms with E-state index in [2.05, 4.69) is 85.8 Å². The topological polar surface area (TPSA) is 17.8 Å². The molecule has 96 valence electrons. The number of benzene rings is 1. The molecule has 2 rings (SSSR count). The Morgan fingerprint density at radius 1 is 1.17 bits per heavy atom. The molecule has 0 amide bonds. The third-order valence-electron chi connectivity index (χ3n) is 3.05. The highest BCUT2D eigenvalue weighted by molar-refractivity contribution is 14.1. The molecular weight excluding hydrogens is 335 g/mol. The second kappa shape index (κ2) is 5.03. The van der Waals surface area contributed by atoms with Crippen molar-refractivity contribution in [1.82, 2.24) is 9.78 Å². The normalized spacial score (nSPS) is 11.8. The summed E-state index contributed by atoms with van der Waals surface area (Å²) in [6.07, 6.45) is 2.10. The predicted molar refractivity (Wildman–Crippen MR) is 83.9 cm³/mol. The highest BCUT2D eigenvalue weighted by atomic mass is 127.